The van der Waals surface area contributed by atoms with Crippen LogP contribution in [0.4, 0.5) is 13.2 Å². The number of ether oxygens (including phenoxy) is 1. The molecule has 2 atom stereocenters. The van der Waals surface area contributed by atoms with Gasteiger partial charge in [0.25, 0.3) is 0 Å². The quantitative estimate of drug-likeness (QED) is 0.920. The summed E-state index contributed by atoms with van der Waals surface area (Å²) in [7, 11) is 1.56. The maximum absolute atomic E-state index is 12.9. The zero-order chi connectivity index (χ0) is 14.8. The van der Waals surface area contributed by atoms with Crippen LogP contribution in [0.1, 0.15) is 31.2 Å². The van der Waals surface area contributed by atoms with E-state index in [2.05, 4.69) is 0 Å². The molecule has 0 aliphatic heterocycles. The maximum atomic E-state index is 12.9. The molecule has 0 saturated heterocycles. The Morgan fingerprint density at radius 1 is 1.35 bits per heavy atom. The normalized spacial score (nSPS) is 27.4. The maximum Gasteiger partial charge on any atom is 0.391 e. The van der Waals surface area contributed by atoms with Gasteiger partial charge in [0.15, 0.2) is 0 Å². The van der Waals surface area contributed by atoms with Gasteiger partial charge in [-0.25, -0.2) is 0 Å². The first kappa shape index (κ1) is 15.2. The molecule has 0 amide bonds. The number of nitrogens with two attached hydrogens (primary N) is 1. The molecule has 1 saturated carbocycles. The van der Waals surface area contributed by atoms with Crippen LogP contribution >= 0.6 is 0 Å². The van der Waals surface area contributed by atoms with Crippen LogP contribution in [-0.4, -0.2) is 18.8 Å². The third kappa shape index (κ3) is 3.45. The molecule has 1 aromatic carbocycles. The van der Waals surface area contributed by atoms with Gasteiger partial charge in [0.2, 0.25) is 0 Å². The van der Waals surface area contributed by atoms with E-state index in [0.29, 0.717) is 25.0 Å². The summed E-state index contributed by atoms with van der Waals surface area (Å²) in [4.78, 5) is 0. The molecule has 1 aliphatic rings. The Kier molecular flexibility index (Phi) is 4.28. The van der Waals surface area contributed by atoms with Crippen molar-refractivity contribution in [2.24, 2.45) is 11.7 Å². The van der Waals surface area contributed by atoms with Gasteiger partial charge >= 0.3 is 6.18 Å². The van der Waals surface area contributed by atoms with Crippen molar-refractivity contribution in [3.8, 4) is 5.75 Å². The highest BCUT2D eigenvalue weighted by atomic mass is 19.4. The molecule has 2 unspecified atom stereocenters. The molecular formula is C15H20F3NO. The fourth-order valence-corrected chi connectivity index (χ4v) is 3.06. The van der Waals surface area contributed by atoms with Gasteiger partial charge in [0, 0.05) is 5.54 Å². The number of halogens is 3. The lowest BCUT2D eigenvalue weighted by molar-refractivity contribution is -0.187. The lowest BCUT2D eigenvalue weighted by Gasteiger charge is -2.39. The highest BCUT2D eigenvalue weighted by molar-refractivity contribution is 5.34. The average Bonchev–Trinajstić information content (AvgIpc) is 2.38. The second-order valence-corrected chi connectivity index (χ2v) is 5.69. The number of hydrogen-bond acceptors (Lipinski definition) is 2. The fraction of sp³-hybridized carbons (Fsp3) is 0.600. The van der Waals surface area contributed by atoms with Crippen LogP contribution in [-0.2, 0) is 6.42 Å². The Morgan fingerprint density at radius 2 is 2.05 bits per heavy atom. The van der Waals surface area contributed by atoms with Crippen molar-refractivity contribution in [3.63, 3.8) is 0 Å². The fourth-order valence-electron chi connectivity index (χ4n) is 3.06. The van der Waals surface area contributed by atoms with Gasteiger partial charge in [-0.15, -0.1) is 0 Å². The number of methoxy groups -OCH3 is 1. The number of rotatable bonds is 3. The summed E-state index contributed by atoms with van der Waals surface area (Å²) in [6, 6.07) is 7.36. The first-order valence-corrected chi connectivity index (χ1v) is 6.81. The smallest absolute Gasteiger partial charge is 0.391 e. The molecule has 1 aromatic rings. The molecule has 0 aromatic heterocycles. The lowest BCUT2D eigenvalue weighted by Crippen LogP contribution is -2.48. The Bertz CT molecular complexity index is 461. The van der Waals surface area contributed by atoms with E-state index in [9.17, 15) is 13.2 Å². The Labute approximate surface area is 117 Å². The summed E-state index contributed by atoms with van der Waals surface area (Å²) in [5, 5.41) is 0. The van der Waals surface area contributed by atoms with Gasteiger partial charge in [-0.05, 0) is 37.3 Å². The van der Waals surface area contributed by atoms with Crippen LogP contribution in [0.25, 0.3) is 0 Å². The van der Waals surface area contributed by atoms with Crippen molar-refractivity contribution in [2.45, 2.75) is 43.8 Å². The molecule has 20 heavy (non-hydrogen) atoms. The molecule has 0 radical (unpaired) electrons. The monoisotopic (exact) mass is 287 g/mol. The molecule has 5 heteroatoms. The minimum Gasteiger partial charge on any atom is -0.496 e. The van der Waals surface area contributed by atoms with Crippen molar-refractivity contribution < 1.29 is 17.9 Å². The SMILES string of the molecule is COc1ccccc1CC1(N)CCCC(C(F)(F)F)C1. The lowest BCUT2D eigenvalue weighted by atomic mass is 9.73. The molecule has 2 N–H and O–H groups in total. The zero-order valence-corrected chi connectivity index (χ0v) is 11.5. The van der Waals surface area contributed by atoms with Crippen molar-refractivity contribution in [3.05, 3.63) is 29.8 Å². The van der Waals surface area contributed by atoms with Gasteiger partial charge in [0.05, 0.1) is 13.0 Å². The number of para-hydroxylation sites is 1. The van der Waals surface area contributed by atoms with E-state index in [-0.39, 0.29) is 12.8 Å². The van der Waals surface area contributed by atoms with E-state index in [0.717, 1.165) is 5.56 Å². The van der Waals surface area contributed by atoms with Crippen molar-refractivity contribution in [1.29, 1.82) is 0 Å². The van der Waals surface area contributed by atoms with E-state index in [1.807, 2.05) is 24.3 Å². The van der Waals surface area contributed by atoms with Crippen LogP contribution in [0, 0.1) is 5.92 Å². The van der Waals surface area contributed by atoms with Crippen LogP contribution in [0.5, 0.6) is 5.75 Å². The first-order valence-electron chi connectivity index (χ1n) is 6.81. The van der Waals surface area contributed by atoms with Gasteiger partial charge in [-0.1, -0.05) is 24.6 Å². The molecule has 0 spiro atoms. The standard InChI is InChI=1S/C15H20F3NO/c1-20-13-7-3-2-5-11(13)9-14(19)8-4-6-12(10-14)15(16,17)18/h2-3,5,7,12H,4,6,8-10,19H2,1H3. The molecule has 0 heterocycles. The van der Waals surface area contributed by atoms with Gasteiger partial charge in [0.1, 0.15) is 5.75 Å². The predicted molar refractivity (Wildman–Crippen MR) is 71.6 cm³/mol. The third-order valence-corrected chi connectivity index (χ3v) is 4.08. The molecule has 2 nitrogen and oxygen atoms in total. The minimum atomic E-state index is -4.15. The van der Waals surface area contributed by atoms with E-state index in [1.165, 1.54) is 0 Å². The van der Waals surface area contributed by atoms with E-state index in [4.69, 9.17) is 10.5 Å². The second-order valence-electron chi connectivity index (χ2n) is 5.69. The summed E-state index contributed by atoms with van der Waals surface area (Å²) in [5.74, 6) is -0.595. The molecule has 2 rings (SSSR count). The van der Waals surface area contributed by atoms with Crippen LogP contribution in [0.3, 0.4) is 0 Å². The molecule has 1 fully saturated rings. The molecular weight excluding hydrogens is 267 g/mol. The average molecular weight is 287 g/mol. The number of alkyl halides is 3. The zero-order valence-electron chi connectivity index (χ0n) is 11.5. The Balaban J connectivity index is 2.14. The number of hydrogen-bond donors (Lipinski definition) is 1. The highest BCUT2D eigenvalue weighted by Crippen LogP contribution is 2.42. The first-order chi connectivity index (χ1) is 9.34. The summed E-state index contributed by atoms with van der Waals surface area (Å²) >= 11 is 0. The molecule has 112 valence electrons. The largest absolute Gasteiger partial charge is 0.496 e. The topological polar surface area (TPSA) is 35.2 Å². The summed E-state index contributed by atoms with van der Waals surface area (Å²) in [6.45, 7) is 0. The summed E-state index contributed by atoms with van der Waals surface area (Å²) < 4.78 is 43.9. The summed E-state index contributed by atoms with van der Waals surface area (Å²) in [5.41, 5.74) is 6.32. The predicted octanol–water partition coefficient (Wildman–Crippen LogP) is 3.69. The van der Waals surface area contributed by atoms with Crippen LogP contribution in [0.2, 0.25) is 0 Å². The van der Waals surface area contributed by atoms with E-state index in [1.54, 1.807) is 7.11 Å². The molecule has 1 aliphatic carbocycles. The third-order valence-electron chi connectivity index (χ3n) is 4.08. The van der Waals surface area contributed by atoms with Crippen molar-refractivity contribution in [1.82, 2.24) is 0 Å². The van der Waals surface area contributed by atoms with E-state index < -0.39 is 17.6 Å². The van der Waals surface area contributed by atoms with Crippen molar-refractivity contribution in [2.75, 3.05) is 7.11 Å². The summed E-state index contributed by atoms with van der Waals surface area (Å²) in [6.07, 6.45) is -2.40. The highest BCUT2D eigenvalue weighted by Gasteiger charge is 2.46. The second kappa shape index (κ2) is 5.64. The van der Waals surface area contributed by atoms with Crippen LogP contribution in [0.15, 0.2) is 24.3 Å². The van der Waals surface area contributed by atoms with Gasteiger partial charge < -0.3 is 10.5 Å². The molecule has 0 bridgehead atoms. The Hall–Kier alpha value is -1.23. The Morgan fingerprint density at radius 3 is 2.70 bits per heavy atom. The van der Waals surface area contributed by atoms with Crippen LogP contribution < -0.4 is 10.5 Å². The van der Waals surface area contributed by atoms with E-state index >= 15 is 0 Å². The van der Waals surface area contributed by atoms with Gasteiger partial charge in [-0.2, -0.15) is 13.2 Å². The number of benzene rings is 1. The van der Waals surface area contributed by atoms with Crippen molar-refractivity contribution >= 4 is 0 Å². The minimum absolute atomic E-state index is 0.00541. The van der Waals surface area contributed by atoms with Gasteiger partial charge in [-0.3, -0.25) is 0 Å².